The predicted octanol–water partition coefficient (Wildman–Crippen LogP) is 5.46. The van der Waals surface area contributed by atoms with E-state index in [4.69, 9.17) is 4.74 Å². The standard InChI is InChI=1S/C28H29NO3/c1-3-4-19-28(26(30)23-15-17-24(32-2)18-16-23)25(22-13-9-6-10-14-22)29(27(28)31)20-21-11-7-5-8-12-21/h4-19,25-26,30H,3,20H2,1-2H3/b19-4+/t25-,26+,28+/m1/s1. The van der Waals surface area contributed by atoms with Crippen LogP contribution < -0.4 is 4.74 Å². The highest BCUT2D eigenvalue weighted by Gasteiger charge is 2.63. The number of carbonyl (C=O) groups excluding carboxylic acids is 1. The Morgan fingerprint density at radius 1 is 1.00 bits per heavy atom. The minimum atomic E-state index is -1.07. The van der Waals surface area contributed by atoms with Gasteiger partial charge < -0.3 is 14.7 Å². The zero-order chi connectivity index (χ0) is 22.6. The third kappa shape index (κ3) is 3.82. The second kappa shape index (κ2) is 9.41. The third-order valence-electron chi connectivity index (χ3n) is 6.22. The van der Waals surface area contributed by atoms with Crippen molar-refractivity contribution >= 4 is 5.91 Å². The summed E-state index contributed by atoms with van der Waals surface area (Å²) in [5.74, 6) is 0.646. The summed E-state index contributed by atoms with van der Waals surface area (Å²) in [6.07, 6.45) is 3.70. The minimum absolute atomic E-state index is 0.0665. The number of aliphatic hydroxyl groups is 1. The summed E-state index contributed by atoms with van der Waals surface area (Å²) >= 11 is 0. The van der Waals surface area contributed by atoms with Gasteiger partial charge in [-0.1, -0.05) is 91.9 Å². The van der Waals surface area contributed by atoms with Gasteiger partial charge in [0.1, 0.15) is 11.2 Å². The van der Waals surface area contributed by atoms with Crippen LogP contribution in [0, 0.1) is 5.41 Å². The van der Waals surface area contributed by atoms with E-state index in [0.29, 0.717) is 17.9 Å². The molecule has 32 heavy (non-hydrogen) atoms. The smallest absolute Gasteiger partial charge is 0.238 e. The lowest BCUT2D eigenvalue weighted by Gasteiger charge is -2.57. The maximum absolute atomic E-state index is 13.8. The van der Waals surface area contributed by atoms with Crippen molar-refractivity contribution in [1.82, 2.24) is 4.90 Å². The van der Waals surface area contributed by atoms with E-state index in [-0.39, 0.29) is 11.9 Å². The van der Waals surface area contributed by atoms with Crippen LogP contribution in [0.2, 0.25) is 0 Å². The zero-order valence-electron chi connectivity index (χ0n) is 18.5. The molecule has 3 aromatic carbocycles. The van der Waals surface area contributed by atoms with Crippen molar-refractivity contribution in [3.05, 3.63) is 114 Å². The van der Waals surface area contributed by atoms with E-state index in [9.17, 15) is 9.90 Å². The Morgan fingerprint density at radius 2 is 1.62 bits per heavy atom. The Kier molecular flexibility index (Phi) is 6.42. The lowest BCUT2D eigenvalue weighted by atomic mass is 9.62. The lowest BCUT2D eigenvalue weighted by molar-refractivity contribution is -0.182. The molecule has 1 aliphatic rings. The van der Waals surface area contributed by atoms with Crippen LogP contribution in [0.15, 0.2) is 97.1 Å². The number of hydrogen-bond acceptors (Lipinski definition) is 3. The molecular formula is C28H29NO3. The molecular weight excluding hydrogens is 398 g/mol. The van der Waals surface area contributed by atoms with Crippen LogP contribution in [0.3, 0.4) is 0 Å². The van der Waals surface area contributed by atoms with Crippen molar-refractivity contribution in [3.63, 3.8) is 0 Å². The van der Waals surface area contributed by atoms with Gasteiger partial charge in [-0.15, -0.1) is 0 Å². The molecule has 1 saturated heterocycles. The third-order valence-corrected chi connectivity index (χ3v) is 6.22. The van der Waals surface area contributed by atoms with Crippen LogP contribution in [-0.2, 0) is 11.3 Å². The van der Waals surface area contributed by atoms with Gasteiger partial charge in [0.2, 0.25) is 5.91 Å². The van der Waals surface area contributed by atoms with Crippen LogP contribution in [0.4, 0.5) is 0 Å². The van der Waals surface area contributed by atoms with Crippen LogP contribution in [-0.4, -0.2) is 23.0 Å². The van der Waals surface area contributed by atoms with Crippen molar-refractivity contribution in [1.29, 1.82) is 0 Å². The first-order valence-electron chi connectivity index (χ1n) is 11.0. The van der Waals surface area contributed by atoms with Gasteiger partial charge in [-0.05, 0) is 35.2 Å². The van der Waals surface area contributed by atoms with E-state index < -0.39 is 11.5 Å². The summed E-state index contributed by atoms with van der Waals surface area (Å²) in [6.45, 7) is 2.53. The number of aliphatic hydroxyl groups excluding tert-OH is 1. The maximum Gasteiger partial charge on any atom is 0.238 e. The molecule has 4 nitrogen and oxygen atoms in total. The van der Waals surface area contributed by atoms with Gasteiger partial charge in [-0.3, -0.25) is 4.79 Å². The first kappa shape index (κ1) is 21.8. The molecule has 1 N–H and O–H groups in total. The van der Waals surface area contributed by atoms with E-state index in [0.717, 1.165) is 17.5 Å². The van der Waals surface area contributed by atoms with Crippen LogP contribution >= 0.6 is 0 Å². The molecule has 0 radical (unpaired) electrons. The highest BCUT2D eigenvalue weighted by atomic mass is 16.5. The van der Waals surface area contributed by atoms with E-state index >= 15 is 0 Å². The number of rotatable bonds is 8. The number of likely N-dealkylation sites (tertiary alicyclic amines) is 1. The van der Waals surface area contributed by atoms with Gasteiger partial charge in [0.05, 0.1) is 19.3 Å². The maximum atomic E-state index is 13.8. The van der Waals surface area contributed by atoms with Crippen molar-refractivity contribution in [2.24, 2.45) is 5.41 Å². The van der Waals surface area contributed by atoms with Gasteiger partial charge in [-0.25, -0.2) is 0 Å². The predicted molar refractivity (Wildman–Crippen MR) is 126 cm³/mol. The van der Waals surface area contributed by atoms with Gasteiger partial charge in [0.15, 0.2) is 0 Å². The number of hydrogen-bond donors (Lipinski definition) is 1. The number of ether oxygens (including phenoxy) is 1. The van der Waals surface area contributed by atoms with Crippen molar-refractivity contribution < 1.29 is 14.6 Å². The molecule has 1 fully saturated rings. The average molecular weight is 428 g/mol. The Balaban J connectivity index is 1.79. The first-order chi connectivity index (χ1) is 15.6. The zero-order valence-corrected chi connectivity index (χ0v) is 18.5. The molecule has 1 heterocycles. The number of nitrogens with zero attached hydrogens (tertiary/aromatic N) is 1. The summed E-state index contributed by atoms with van der Waals surface area (Å²) in [4.78, 5) is 15.7. The van der Waals surface area contributed by atoms with E-state index in [2.05, 4.69) is 0 Å². The summed E-state index contributed by atoms with van der Waals surface area (Å²) in [7, 11) is 1.61. The summed E-state index contributed by atoms with van der Waals surface area (Å²) in [5.41, 5.74) is 1.70. The minimum Gasteiger partial charge on any atom is -0.497 e. The Hall–Kier alpha value is -3.37. The van der Waals surface area contributed by atoms with Gasteiger partial charge in [0, 0.05) is 6.54 Å². The molecule has 4 rings (SSSR count). The summed E-state index contributed by atoms with van der Waals surface area (Å²) < 4.78 is 5.26. The number of amides is 1. The summed E-state index contributed by atoms with van der Waals surface area (Å²) in [5, 5.41) is 11.6. The fourth-order valence-electron chi connectivity index (χ4n) is 4.60. The molecule has 1 amide bonds. The van der Waals surface area contributed by atoms with E-state index in [1.54, 1.807) is 7.11 Å². The quantitative estimate of drug-likeness (QED) is 0.383. The van der Waals surface area contributed by atoms with E-state index in [1.165, 1.54) is 0 Å². The topological polar surface area (TPSA) is 49.8 Å². The lowest BCUT2D eigenvalue weighted by Crippen LogP contribution is -2.64. The van der Waals surface area contributed by atoms with Crippen LogP contribution in [0.5, 0.6) is 5.75 Å². The average Bonchev–Trinajstić information content (AvgIpc) is 2.86. The number of β-lactam (4-membered cyclic amide) rings is 1. The number of benzene rings is 3. The molecule has 0 spiro atoms. The molecule has 3 atom stereocenters. The molecule has 0 saturated carbocycles. The first-order valence-corrected chi connectivity index (χ1v) is 11.0. The normalized spacial score (nSPS) is 21.4. The Labute approximate surface area is 189 Å². The number of carbonyl (C=O) groups is 1. The largest absolute Gasteiger partial charge is 0.497 e. The van der Waals surface area contributed by atoms with E-state index in [1.807, 2.05) is 109 Å². The van der Waals surface area contributed by atoms with Crippen LogP contribution in [0.1, 0.15) is 42.2 Å². The fraction of sp³-hybridized carbons (Fsp3) is 0.250. The highest BCUT2D eigenvalue weighted by Crippen LogP contribution is 2.58. The Bertz CT molecular complexity index is 1060. The second-order valence-corrected chi connectivity index (χ2v) is 8.15. The monoisotopic (exact) mass is 427 g/mol. The van der Waals surface area contributed by atoms with Gasteiger partial charge in [0.25, 0.3) is 0 Å². The van der Waals surface area contributed by atoms with Crippen molar-refractivity contribution in [3.8, 4) is 5.75 Å². The number of allylic oxidation sites excluding steroid dienone is 1. The molecule has 3 aromatic rings. The molecule has 0 aliphatic carbocycles. The molecule has 0 aromatic heterocycles. The molecule has 0 unspecified atom stereocenters. The fourth-order valence-corrected chi connectivity index (χ4v) is 4.60. The Morgan fingerprint density at radius 3 is 2.22 bits per heavy atom. The summed E-state index contributed by atoms with van der Waals surface area (Å²) in [6, 6.07) is 27.0. The second-order valence-electron chi connectivity index (χ2n) is 8.15. The van der Waals surface area contributed by atoms with Crippen LogP contribution in [0.25, 0.3) is 0 Å². The van der Waals surface area contributed by atoms with Gasteiger partial charge >= 0.3 is 0 Å². The number of methoxy groups -OCH3 is 1. The molecule has 1 aliphatic heterocycles. The van der Waals surface area contributed by atoms with Crippen molar-refractivity contribution in [2.75, 3.05) is 7.11 Å². The van der Waals surface area contributed by atoms with Crippen molar-refractivity contribution in [2.45, 2.75) is 32.0 Å². The highest BCUT2D eigenvalue weighted by molar-refractivity contribution is 5.93. The molecule has 4 heteroatoms. The molecule has 164 valence electrons. The molecule has 0 bridgehead atoms. The SMILES string of the molecule is CC/C=C/[C@]1([C@@H](O)c2ccc(OC)cc2)C(=O)N(Cc2ccccc2)[C@@H]1c1ccccc1. The van der Waals surface area contributed by atoms with Gasteiger partial charge in [-0.2, -0.15) is 0 Å².